The highest BCUT2D eigenvalue weighted by molar-refractivity contribution is 7.13. The fourth-order valence-electron chi connectivity index (χ4n) is 2.57. The van der Waals surface area contributed by atoms with Gasteiger partial charge in [0, 0.05) is 19.2 Å². The number of nitrogens with one attached hydrogen (secondary N) is 1. The molecule has 24 heavy (non-hydrogen) atoms. The normalized spacial score (nSPS) is 10.5. The van der Waals surface area contributed by atoms with Crippen molar-refractivity contribution < 1.29 is 4.79 Å². The number of nitrogens with zero attached hydrogens (tertiary/aromatic N) is 1. The van der Waals surface area contributed by atoms with Crippen LogP contribution in [0.5, 0.6) is 0 Å². The summed E-state index contributed by atoms with van der Waals surface area (Å²) in [4.78, 5) is 17.6. The van der Waals surface area contributed by atoms with Crippen LogP contribution in [0.25, 0.3) is 10.6 Å². The number of pyridine rings is 1. The summed E-state index contributed by atoms with van der Waals surface area (Å²) in [6.45, 7) is 2.61. The zero-order chi connectivity index (χ0) is 16.8. The molecule has 0 aliphatic heterocycles. The Hall–Kier alpha value is -2.46. The highest BCUT2D eigenvalue weighted by Crippen LogP contribution is 2.22. The van der Waals surface area contributed by atoms with Crippen LogP contribution in [0, 0.1) is 6.92 Å². The maximum atomic E-state index is 12.1. The van der Waals surface area contributed by atoms with Crippen LogP contribution >= 0.6 is 11.3 Å². The SMILES string of the molecule is Cc1ccccc1CCC(=O)NCc1ccnc(-c2cccs2)c1. The molecule has 3 aromatic rings. The average Bonchev–Trinajstić information content (AvgIpc) is 3.14. The van der Waals surface area contributed by atoms with E-state index in [2.05, 4.69) is 35.4 Å². The number of hydrogen-bond donors (Lipinski definition) is 1. The zero-order valence-corrected chi connectivity index (χ0v) is 14.5. The van der Waals surface area contributed by atoms with Gasteiger partial charge in [-0.15, -0.1) is 11.3 Å². The van der Waals surface area contributed by atoms with Crippen LogP contribution in [0.4, 0.5) is 0 Å². The molecule has 0 spiro atoms. The van der Waals surface area contributed by atoms with Gasteiger partial charge in [-0.2, -0.15) is 0 Å². The summed E-state index contributed by atoms with van der Waals surface area (Å²) < 4.78 is 0. The van der Waals surface area contributed by atoms with E-state index in [4.69, 9.17) is 0 Å². The molecule has 0 aliphatic carbocycles. The molecule has 1 N–H and O–H groups in total. The third-order valence-corrected chi connectivity index (χ3v) is 4.86. The van der Waals surface area contributed by atoms with Crippen LogP contribution in [0.15, 0.2) is 60.1 Å². The summed E-state index contributed by atoms with van der Waals surface area (Å²) >= 11 is 1.67. The van der Waals surface area contributed by atoms with Crippen molar-refractivity contribution in [3.05, 3.63) is 76.8 Å². The van der Waals surface area contributed by atoms with E-state index in [1.165, 1.54) is 11.1 Å². The summed E-state index contributed by atoms with van der Waals surface area (Å²) in [7, 11) is 0. The molecule has 3 rings (SSSR count). The standard InChI is InChI=1S/C20H20N2OS/c1-15-5-2-3-6-17(15)8-9-20(23)22-14-16-10-11-21-18(13-16)19-7-4-12-24-19/h2-7,10-13H,8-9,14H2,1H3,(H,22,23). The van der Waals surface area contributed by atoms with E-state index in [0.29, 0.717) is 13.0 Å². The number of aromatic nitrogens is 1. The molecular weight excluding hydrogens is 316 g/mol. The second kappa shape index (κ2) is 7.88. The van der Waals surface area contributed by atoms with E-state index >= 15 is 0 Å². The summed E-state index contributed by atoms with van der Waals surface area (Å²) in [5.74, 6) is 0.0766. The number of amides is 1. The Labute approximate surface area is 146 Å². The number of carbonyl (C=O) groups is 1. The lowest BCUT2D eigenvalue weighted by atomic mass is 10.0. The van der Waals surface area contributed by atoms with Crippen molar-refractivity contribution in [3.63, 3.8) is 0 Å². The Bertz CT molecular complexity index is 812. The number of aryl methyl sites for hydroxylation is 2. The number of hydrogen-bond acceptors (Lipinski definition) is 3. The van der Waals surface area contributed by atoms with Gasteiger partial charge in [-0.1, -0.05) is 30.3 Å². The minimum Gasteiger partial charge on any atom is -0.352 e. The smallest absolute Gasteiger partial charge is 0.220 e. The largest absolute Gasteiger partial charge is 0.352 e. The first kappa shape index (κ1) is 16.4. The van der Waals surface area contributed by atoms with Crippen LogP contribution in [0.1, 0.15) is 23.1 Å². The van der Waals surface area contributed by atoms with Crippen molar-refractivity contribution in [1.82, 2.24) is 10.3 Å². The monoisotopic (exact) mass is 336 g/mol. The zero-order valence-electron chi connectivity index (χ0n) is 13.7. The topological polar surface area (TPSA) is 42.0 Å². The third kappa shape index (κ3) is 4.30. The van der Waals surface area contributed by atoms with Crippen LogP contribution in [0.2, 0.25) is 0 Å². The molecule has 0 unspecified atom stereocenters. The number of carbonyl (C=O) groups excluding carboxylic acids is 1. The van der Waals surface area contributed by atoms with Crippen molar-refractivity contribution in [3.8, 4) is 10.6 Å². The van der Waals surface area contributed by atoms with E-state index < -0.39 is 0 Å². The number of thiophene rings is 1. The number of rotatable bonds is 6. The lowest BCUT2D eigenvalue weighted by Crippen LogP contribution is -2.23. The van der Waals surface area contributed by atoms with Gasteiger partial charge in [-0.25, -0.2) is 0 Å². The molecule has 2 heterocycles. The highest BCUT2D eigenvalue weighted by Gasteiger charge is 2.06. The van der Waals surface area contributed by atoms with E-state index in [1.807, 2.05) is 35.7 Å². The maximum Gasteiger partial charge on any atom is 0.220 e. The summed E-state index contributed by atoms with van der Waals surface area (Å²) in [6, 6.07) is 16.2. The van der Waals surface area contributed by atoms with Gasteiger partial charge in [-0.05, 0) is 53.6 Å². The molecule has 0 saturated heterocycles. The fraction of sp³-hybridized carbons (Fsp3) is 0.200. The molecule has 4 heteroatoms. The van der Waals surface area contributed by atoms with Crippen molar-refractivity contribution >= 4 is 17.2 Å². The van der Waals surface area contributed by atoms with Gasteiger partial charge in [-0.3, -0.25) is 9.78 Å². The van der Waals surface area contributed by atoms with Gasteiger partial charge >= 0.3 is 0 Å². The lowest BCUT2D eigenvalue weighted by molar-refractivity contribution is -0.121. The van der Waals surface area contributed by atoms with Crippen molar-refractivity contribution in [2.45, 2.75) is 26.3 Å². The second-order valence-electron chi connectivity index (χ2n) is 5.73. The van der Waals surface area contributed by atoms with E-state index in [-0.39, 0.29) is 5.91 Å². The molecule has 0 fully saturated rings. The molecule has 1 aromatic carbocycles. The van der Waals surface area contributed by atoms with Gasteiger partial charge < -0.3 is 5.32 Å². The number of benzene rings is 1. The molecule has 0 atom stereocenters. The van der Waals surface area contributed by atoms with Gasteiger partial charge in [0.1, 0.15) is 0 Å². The molecule has 0 saturated carbocycles. The van der Waals surface area contributed by atoms with Crippen molar-refractivity contribution in [1.29, 1.82) is 0 Å². The molecule has 3 nitrogen and oxygen atoms in total. The Kier molecular flexibility index (Phi) is 5.39. The molecule has 0 bridgehead atoms. The summed E-state index contributed by atoms with van der Waals surface area (Å²) in [6.07, 6.45) is 3.08. The molecule has 0 aliphatic rings. The first-order chi connectivity index (χ1) is 11.7. The predicted molar refractivity (Wildman–Crippen MR) is 98.9 cm³/mol. The second-order valence-corrected chi connectivity index (χ2v) is 6.68. The Balaban J connectivity index is 1.53. The molecule has 2 aromatic heterocycles. The highest BCUT2D eigenvalue weighted by atomic mass is 32.1. The van der Waals surface area contributed by atoms with Crippen LogP contribution in [-0.2, 0) is 17.8 Å². The first-order valence-electron chi connectivity index (χ1n) is 8.02. The molecule has 0 radical (unpaired) electrons. The third-order valence-electron chi connectivity index (χ3n) is 3.97. The van der Waals surface area contributed by atoms with Crippen molar-refractivity contribution in [2.24, 2.45) is 0 Å². The van der Waals surface area contributed by atoms with Gasteiger partial charge in [0.2, 0.25) is 5.91 Å². The predicted octanol–water partition coefficient (Wildman–Crippen LogP) is 4.37. The van der Waals surface area contributed by atoms with Crippen LogP contribution in [0.3, 0.4) is 0 Å². The van der Waals surface area contributed by atoms with E-state index in [1.54, 1.807) is 17.5 Å². The minimum atomic E-state index is 0.0766. The molecule has 122 valence electrons. The molecular formula is C20H20N2OS. The Morgan fingerprint density at radius 1 is 1.17 bits per heavy atom. The van der Waals surface area contributed by atoms with Gasteiger partial charge in [0.15, 0.2) is 0 Å². The van der Waals surface area contributed by atoms with Gasteiger partial charge in [0.25, 0.3) is 0 Å². The summed E-state index contributed by atoms with van der Waals surface area (Å²) in [5, 5.41) is 5.04. The van der Waals surface area contributed by atoms with E-state index in [0.717, 1.165) is 22.6 Å². The lowest BCUT2D eigenvalue weighted by Gasteiger charge is -2.08. The molecule has 1 amide bonds. The first-order valence-corrected chi connectivity index (χ1v) is 8.90. The van der Waals surface area contributed by atoms with Crippen LogP contribution in [-0.4, -0.2) is 10.9 Å². The van der Waals surface area contributed by atoms with E-state index in [9.17, 15) is 4.79 Å². The Morgan fingerprint density at radius 3 is 2.83 bits per heavy atom. The maximum absolute atomic E-state index is 12.1. The Morgan fingerprint density at radius 2 is 2.04 bits per heavy atom. The van der Waals surface area contributed by atoms with Crippen molar-refractivity contribution in [2.75, 3.05) is 0 Å². The summed E-state index contributed by atoms with van der Waals surface area (Å²) in [5.41, 5.74) is 4.49. The average molecular weight is 336 g/mol. The minimum absolute atomic E-state index is 0.0766. The van der Waals surface area contributed by atoms with Gasteiger partial charge in [0.05, 0.1) is 10.6 Å². The fourth-order valence-corrected chi connectivity index (χ4v) is 3.26. The van der Waals surface area contributed by atoms with Crippen LogP contribution < -0.4 is 5.32 Å². The quantitative estimate of drug-likeness (QED) is 0.726.